The van der Waals surface area contributed by atoms with Crippen molar-refractivity contribution in [1.29, 1.82) is 0 Å². The van der Waals surface area contributed by atoms with Crippen molar-refractivity contribution in [2.24, 2.45) is 5.92 Å². The van der Waals surface area contributed by atoms with E-state index in [-0.39, 0.29) is 13.0 Å². The Morgan fingerprint density at radius 1 is 1.07 bits per heavy atom. The van der Waals surface area contributed by atoms with Crippen LogP contribution in [-0.4, -0.2) is 66.6 Å². The minimum absolute atomic E-state index is 0.220. The Labute approximate surface area is 176 Å². The van der Waals surface area contributed by atoms with E-state index in [1.165, 1.54) is 7.11 Å². The van der Waals surface area contributed by atoms with Crippen LogP contribution in [-0.2, 0) is 39.6 Å². The van der Waals surface area contributed by atoms with Gasteiger partial charge in [-0.05, 0) is 39.7 Å². The molecule has 0 radical (unpaired) electrons. The van der Waals surface area contributed by atoms with E-state index in [1.807, 2.05) is 44.2 Å². The number of carbonyl (C=O) groups is 1. The molecule has 3 heterocycles. The lowest BCUT2D eigenvalue weighted by Gasteiger charge is -2.35. The van der Waals surface area contributed by atoms with Gasteiger partial charge in [-0.2, -0.15) is 0 Å². The minimum Gasteiger partial charge on any atom is -0.469 e. The van der Waals surface area contributed by atoms with Gasteiger partial charge < -0.3 is 33.5 Å². The monoisotopic (exact) mass is 422 g/mol. The lowest BCUT2D eigenvalue weighted by Crippen LogP contribution is -2.53. The van der Waals surface area contributed by atoms with Gasteiger partial charge >= 0.3 is 5.97 Å². The van der Waals surface area contributed by atoms with Crippen LogP contribution in [0.1, 0.15) is 33.3 Å². The number of hydrogen-bond donors (Lipinski definition) is 1. The van der Waals surface area contributed by atoms with Crippen molar-refractivity contribution in [3.63, 3.8) is 0 Å². The molecule has 1 aromatic rings. The van der Waals surface area contributed by atoms with Gasteiger partial charge in [0.2, 0.25) is 5.79 Å². The summed E-state index contributed by atoms with van der Waals surface area (Å²) in [5, 5.41) is 11.8. The third-order valence-corrected chi connectivity index (χ3v) is 5.85. The van der Waals surface area contributed by atoms with Gasteiger partial charge in [0, 0.05) is 0 Å². The van der Waals surface area contributed by atoms with Crippen molar-refractivity contribution >= 4 is 5.97 Å². The van der Waals surface area contributed by atoms with Gasteiger partial charge in [0.05, 0.1) is 13.7 Å². The SMILES string of the molecule is COC(=O)[C@@H](Cc1ccccc1)[C@]1(O)O[C@H]([C@H]2COC(C)(C)O2)[C@@H]2OC(C)(C)O[C@@H]21. The standard InChI is InChI=1S/C22H30O8/c1-20(2)26-12-15(27-20)16-17-18(30-21(3,4)28-17)22(24,29-16)14(19(23)25-5)11-13-9-7-6-8-10-13/h6-10,14-18,24H,11-12H2,1-5H3/t14-,15-,16-,17+,18+,22+/m1/s1. The fourth-order valence-electron chi connectivity index (χ4n) is 4.54. The van der Waals surface area contributed by atoms with Crippen LogP contribution in [0.2, 0.25) is 0 Å². The third-order valence-electron chi connectivity index (χ3n) is 5.85. The summed E-state index contributed by atoms with van der Waals surface area (Å²) in [6, 6.07) is 9.40. The Bertz CT molecular complexity index is 779. The maximum absolute atomic E-state index is 12.8. The number of carbonyl (C=O) groups excluding carboxylic acids is 1. The van der Waals surface area contributed by atoms with E-state index in [2.05, 4.69) is 0 Å². The number of methoxy groups -OCH3 is 1. The molecule has 3 saturated heterocycles. The Hall–Kier alpha value is -1.55. The molecular formula is C22H30O8. The van der Waals surface area contributed by atoms with E-state index in [0.717, 1.165) is 5.56 Å². The van der Waals surface area contributed by atoms with E-state index in [1.54, 1.807) is 13.8 Å². The molecule has 6 atom stereocenters. The molecular weight excluding hydrogens is 392 g/mol. The molecule has 8 heteroatoms. The van der Waals surface area contributed by atoms with Crippen molar-refractivity contribution < 1.29 is 38.3 Å². The van der Waals surface area contributed by atoms with E-state index >= 15 is 0 Å². The molecule has 8 nitrogen and oxygen atoms in total. The zero-order valence-electron chi connectivity index (χ0n) is 18.0. The van der Waals surface area contributed by atoms with Crippen molar-refractivity contribution in [1.82, 2.24) is 0 Å². The highest BCUT2D eigenvalue weighted by Gasteiger charge is 2.68. The first kappa shape index (κ1) is 21.7. The fraction of sp³-hybridized carbons (Fsp3) is 0.682. The molecule has 0 aromatic heterocycles. The lowest BCUT2D eigenvalue weighted by molar-refractivity contribution is -0.302. The maximum Gasteiger partial charge on any atom is 0.314 e. The Balaban J connectivity index is 1.67. The predicted octanol–water partition coefficient (Wildman–Crippen LogP) is 1.78. The number of benzene rings is 1. The second kappa shape index (κ2) is 7.55. The Morgan fingerprint density at radius 2 is 1.77 bits per heavy atom. The van der Waals surface area contributed by atoms with E-state index in [4.69, 9.17) is 28.4 Å². The van der Waals surface area contributed by atoms with Crippen LogP contribution in [0.25, 0.3) is 0 Å². The number of aliphatic hydroxyl groups is 1. The van der Waals surface area contributed by atoms with Crippen molar-refractivity contribution in [2.75, 3.05) is 13.7 Å². The van der Waals surface area contributed by atoms with Crippen LogP contribution >= 0.6 is 0 Å². The molecule has 30 heavy (non-hydrogen) atoms. The van der Waals surface area contributed by atoms with Gasteiger partial charge in [-0.1, -0.05) is 30.3 Å². The number of esters is 1. The number of fused-ring (bicyclic) bond motifs is 1. The fourth-order valence-corrected chi connectivity index (χ4v) is 4.54. The molecule has 0 aliphatic carbocycles. The summed E-state index contributed by atoms with van der Waals surface area (Å²) in [6.07, 6.45) is -2.45. The molecule has 0 saturated carbocycles. The highest BCUT2D eigenvalue weighted by Crippen LogP contribution is 2.49. The predicted molar refractivity (Wildman–Crippen MR) is 104 cm³/mol. The smallest absolute Gasteiger partial charge is 0.314 e. The Morgan fingerprint density at radius 3 is 2.37 bits per heavy atom. The van der Waals surface area contributed by atoms with Gasteiger partial charge in [0.15, 0.2) is 11.6 Å². The first-order chi connectivity index (χ1) is 14.0. The highest BCUT2D eigenvalue weighted by atomic mass is 16.8. The molecule has 4 rings (SSSR count). The summed E-state index contributed by atoms with van der Waals surface area (Å²) in [5.74, 6) is -5.28. The van der Waals surface area contributed by atoms with Crippen LogP contribution in [0.3, 0.4) is 0 Å². The molecule has 3 fully saturated rings. The minimum atomic E-state index is -1.96. The molecule has 0 bridgehead atoms. The average Bonchev–Trinajstić information content (AvgIpc) is 3.30. The molecule has 0 spiro atoms. The largest absolute Gasteiger partial charge is 0.469 e. The van der Waals surface area contributed by atoms with Crippen molar-refractivity contribution in [3.8, 4) is 0 Å². The average molecular weight is 422 g/mol. The second-order valence-electron chi connectivity index (χ2n) is 8.99. The van der Waals surface area contributed by atoms with Crippen LogP contribution in [0, 0.1) is 5.92 Å². The van der Waals surface area contributed by atoms with Gasteiger partial charge in [-0.15, -0.1) is 0 Å². The van der Waals surface area contributed by atoms with Crippen LogP contribution in [0.15, 0.2) is 30.3 Å². The van der Waals surface area contributed by atoms with Crippen LogP contribution in [0.5, 0.6) is 0 Å². The van der Waals surface area contributed by atoms with Crippen LogP contribution in [0.4, 0.5) is 0 Å². The topological polar surface area (TPSA) is 92.7 Å². The van der Waals surface area contributed by atoms with E-state index in [9.17, 15) is 9.90 Å². The summed E-state index contributed by atoms with van der Waals surface area (Å²) < 4.78 is 35.0. The summed E-state index contributed by atoms with van der Waals surface area (Å²) in [5.41, 5.74) is 0.865. The number of ether oxygens (including phenoxy) is 6. The summed E-state index contributed by atoms with van der Waals surface area (Å²) >= 11 is 0. The quantitative estimate of drug-likeness (QED) is 0.718. The molecule has 0 amide bonds. The van der Waals surface area contributed by atoms with Gasteiger partial charge in [-0.25, -0.2) is 0 Å². The van der Waals surface area contributed by atoms with Gasteiger partial charge in [-0.3, -0.25) is 4.79 Å². The van der Waals surface area contributed by atoms with Crippen molar-refractivity contribution in [2.45, 2.75) is 75.9 Å². The first-order valence-corrected chi connectivity index (χ1v) is 10.2. The molecule has 1 N–H and O–H groups in total. The third kappa shape index (κ3) is 3.88. The molecule has 1 aromatic carbocycles. The maximum atomic E-state index is 12.8. The first-order valence-electron chi connectivity index (χ1n) is 10.2. The van der Waals surface area contributed by atoms with E-state index < -0.39 is 53.7 Å². The Kier molecular flexibility index (Phi) is 5.45. The van der Waals surface area contributed by atoms with Gasteiger partial charge in [0.25, 0.3) is 0 Å². The lowest BCUT2D eigenvalue weighted by atomic mass is 9.86. The van der Waals surface area contributed by atoms with E-state index in [0.29, 0.717) is 0 Å². The zero-order chi connectivity index (χ0) is 21.7. The normalized spacial score (nSPS) is 37.7. The number of hydrogen-bond acceptors (Lipinski definition) is 8. The van der Waals surface area contributed by atoms with Crippen molar-refractivity contribution in [3.05, 3.63) is 35.9 Å². The summed E-state index contributed by atoms with van der Waals surface area (Å²) in [4.78, 5) is 12.8. The molecule has 3 aliphatic rings. The number of rotatable bonds is 5. The highest BCUT2D eigenvalue weighted by molar-refractivity contribution is 5.74. The summed E-state index contributed by atoms with van der Waals surface area (Å²) in [6.45, 7) is 7.44. The second-order valence-corrected chi connectivity index (χ2v) is 8.99. The zero-order valence-corrected chi connectivity index (χ0v) is 18.0. The molecule has 3 aliphatic heterocycles. The van der Waals surface area contributed by atoms with Gasteiger partial charge in [0.1, 0.15) is 30.3 Å². The summed E-state index contributed by atoms with van der Waals surface area (Å²) in [7, 11) is 1.29. The van der Waals surface area contributed by atoms with Crippen LogP contribution < -0.4 is 0 Å². The molecule has 166 valence electrons. The molecule has 0 unspecified atom stereocenters.